The summed E-state index contributed by atoms with van der Waals surface area (Å²) in [6.07, 6.45) is 0.750. The van der Waals surface area contributed by atoms with E-state index in [9.17, 15) is 9.59 Å². The van der Waals surface area contributed by atoms with Gasteiger partial charge < -0.3 is 19.0 Å². The van der Waals surface area contributed by atoms with E-state index in [0.717, 1.165) is 6.29 Å². The lowest BCUT2D eigenvalue weighted by molar-refractivity contribution is -0.131. The maximum absolute atomic E-state index is 12.2. The molecule has 0 heterocycles. The van der Waals surface area contributed by atoms with E-state index in [1.54, 1.807) is 36.4 Å². The van der Waals surface area contributed by atoms with Gasteiger partial charge in [0.2, 0.25) is 0 Å². The Balaban J connectivity index is 0.000000891. The molecule has 2 aromatic carbocycles. The number of aldehydes is 1. The largest absolute Gasteiger partial charge is 0.497 e. The molecule has 0 aliphatic carbocycles. The van der Waals surface area contributed by atoms with Crippen molar-refractivity contribution in [1.82, 2.24) is 0 Å². The molecule has 0 aliphatic heterocycles. The first kappa shape index (κ1) is 18.9. The van der Waals surface area contributed by atoms with E-state index in [-0.39, 0.29) is 11.3 Å². The molecule has 6 heteroatoms. The van der Waals surface area contributed by atoms with Gasteiger partial charge in [-0.1, -0.05) is 18.2 Å². The second-order valence-corrected chi connectivity index (χ2v) is 4.39. The number of carbonyl (C=O) groups excluding carboxylic acids is 3. The van der Waals surface area contributed by atoms with E-state index in [1.165, 1.54) is 33.1 Å². The van der Waals surface area contributed by atoms with E-state index in [2.05, 4.69) is 0 Å². The predicted octanol–water partition coefficient (Wildman–Crippen LogP) is 3.04. The summed E-state index contributed by atoms with van der Waals surface area (Å²) in [5.74, 6) is -0.0276. The number of methoxy groups -OCH3 is 1. The van der Waals surface area contributed by atoms with Crippen LogP contribution in [0.3, 0.4) is 0 Å². The van der Waals surface area contributed by atoms with Crippen molar-refractivity contribution in [3.8, 4) is 17.2 Å². The summed E-state index contributed by atoms with van der Waals surface area (Å²) in [6, 6.07) is 13.1. The van der Waals surface area contributed by atoms with Crippen molar-refractivity contribution in [1.29, 1.82) is 0 Å². The molecule has 2 rings (SSSR count). The standard InChI is InChI=1S/C16H14O5.C2H4O/c1-11(17)20-15-9-4-3-8-14(15)16(18)21-13-7-5-6-12(10-13)19-2;1-2-3/h3-10H,1-2H3;2H,1H3. The van der Waals surface area contributed by atoms with Crippen LogP contribution in [0.1, 0.15) is 24.2 Å². The van der Waals surface area contributed by atoms with Gasteiger partial charge in [0.25, 0.3) is 0 Å². The lowest BCUT2D eigenvalue weighted by Gasteiger charge is -2.09. The number of ether oxygens (including phenoxy) is 3. The Hall–Kier alpha value is -3.15. The van der Waals surface area contributed by atoms with Gasteiger partial charge >= 0.3 is 11.9 Å². The van der Waals surface area contributed by atoms with Crippen LogP contribution in [0.25, 0.3) is 0 Å². The number of esters is 2. The van der Waals surface area contributed by atoms with Crippen LogP contribution in [0, 0.1) is 0 Å². The Morgan fingerprint density at radius 2 is 1.58 bits per heavy atom. The third-order valence-corrected chi connectivity index (χ3v) is 2.61. The van der Waals surface area contributed by atoms with Crippen molar-refractivity contribution in [3.63, 3.8) is 0 Å². The Morgan fingerprint density at radius 3 is 2.21 bits per heavy atom. The SMILES string of the molecule is CC=O.COc1cccc(OC(=O)c2ccccc2OC(C)=O)c1. The highest BCUT2D eigenvalue weighted by molar-refractivity contribution is 5.94. The normalized spacial score (nSPS) is 9.12. The number of carbonyl (C=O) groups is 3. The van der Waals surface area contributed by atoms with Gasteiger partial charge in [-0.2, -0.15) is 0 Å². The first-order valence-electron chi connectivity index (χ1n) is 7.05. The average molecular weight is 330 g/mol. The van der Waals surface area contributed by atoms with Gasteiger partial charge in [0, 0.05) is 13.0 Å². The zero-order valence-corrected chi connectivity index (χ0v) is 13.6. The van der Waals surface area contributed by atoms with Crippen LogP contribution >= 0.6 is 0 Å². The Bertz CT molecular complexity index is 708. The summed E-state index contributed by atoms with van der Waals surface area (Å²) in [7, 11) is 1.52. The maximum atomic E-state index is 12.2. The molecule has 0 spiro atoms. The quantitative estimate of drug-likeness (QED) is 0.487. The number of rotatable bonds is 4. The van der Waals surface area contributed by atoms with Crippen LogP contribution in [-0.2, 0) is 9.59 Å². The highest BCUT2D eigenvalue weighted by atomic mass is 16.5. The minimum Gasteiger partial charge on any atom is -0.497 e. The minimum absolute atomic E-state index is 0.165. The van der Waals surface area contributed by atoms with E-state index in [4.69, 9.17) is 19.0 Å². The molecule has 0 radical (unpaired) electrons. The molecule has 24 heavy (non-hydrogen) atoms. The van der Waals surface area contributed by atoms with Gasteiger partial charge in [0.1, 0.15) is 29.1 Å². The molecule has 0 atom stereocenters. The second-order valence-electron chi connectivity index (χ2n) is 4.39. The van der Waals surface area contributed by atoms with E-state index in [1.807, 2.05) is 0 Å². The maximum Gasteiger partial charge on any atom is 0.347 e. The van der Waals surface area contributed by atoms with Crippen molar-refractivity contribution in [2.45, 2.75) is 13.8 Å². The summed E-state index contributed by atoms with van der Waals surface area (Å²) < 4.78 is 15.3. The molecule has 0 aromatic heterocycles. The molecule has 0 bridgehead atoms. The molecule has 126 valence electrons. The van der Waals surface area contributed by atoms with Crippen molar-refractivity contribution >= 4 is 18.2 Å². The third kappa shape index (κ3) is 5.92. The fourth-order valence-corrected chi connectivity index (χ4v) is 1.71. The molecular weight excluding hydrogens is 312 g/mol. The topological polar surface area (TPSA) is 78.9 Å². The van der Waals surface area contributed by atoms with Crippen LogP contribution < -0.4 is 14.2 Å². The summed E-state index contributed by atoms with van der Waals surface area (Å²) in [5, 5.41) is 0. The van der Waals surface area contributed by atoms with Gasteiger partial charge in [-0.3, -0.25) is 4.79 Å². The third-order valence-electron chi connectivity index (χ3n) is 2.61. The predicted molar refractivity (Wildman–Crippen MR) is 87.4 cm³/mol. The van der Waals surface area contributed by atoms with Crippen LogP contribution in [0.2, 0.25) is 0 Å². The average Bonchev–Trinajstić information content (AvgIpc) is 2.55. The zero-order valence-electron chi connectivity index (χ0n) is 13.6. The summed E-state index contributed by atoms with van der Waals surface area (Å²) >= 11 is 0. The first-order valence-corrected chi connectivity index (χ1v) is 7.05. The van der Waals surface area contributed by atoms with Crippen LogP contribution in [-0.4, -0.2) is 25.3 Å². The summed E-state index contributed by atoms with van der Waals surface area (Å²) in [6.45, 7) is 2.71. The van der Waals surface area contributed by atoms with Gasteiger partial charge in [0.15, 0.2) is 0 Å². The van der Waals surface area contributed by atoms with Crippen LogP contribution in [0.4, 0.5) is 0 Å². The van der Waals surface area contributed by atoms with Crippen LogP contribution in [0.5, 0.6) is 17.2 Å². The molecule has 0 N–H and O–H groups in total. The van der Waals surface area contributed by atoms with Crippen molar-refractivity contribution < 1.29 is 28.6 Å². The number of benzene rings is 2. The highest BCUT2D eigenvalue weighted by Crippen LogP contribution is 2.23. The Labute approximate surface area is 140 Å². The minimum atomic E-state index is -0.611. The Morgan fingerprint density at radius 1 is 0.958 bits per heavy atom. The molecule has 2 aromatic rings. The monoisotopic (exact) mass is 330 g/mol. The van der Waals surface area contributed by atoms with Gasteiger partial charge in [0.05, 0.1) is 7.11 Å². The van der Waals surface area contributed by atoms with E-state index >= 15 is 0 Å². The molecule has 0 saturated heterocycles. The van der Waals surface area contributed by atoms with Crippen LogP contribution in [0.15, 0.2) is 48.5 Å². The van der Waals surface area contributed by atoms with E-state index < -0.39 is 11.9 Å². The fraction of sp³-hybridized carbons (Fsp3) is 0.167. The number of hydrogen-bond donors (Lipinski definition) is 0. The molecule has 0 amide bonds. The summed E-state index contributed by atoms with van der Waals surface area (Å²) in [5.41, 5.74) is 0.176. The molecular formula is C18H18O6. The van der Waals surface area contributed by atoms with Crippen molar-refractivity contribution in [2.24, 2.45) is 0 Å². The van der Waals surface area contributed by atoms with Crippen molar-refractivity contribution in [2.75, 3.05) is 7.11 Å². The van der Waals surface area contributed by atoms with Gasteiger partial charge in [-0.05, 0) is 31.2 Å². The number of hydrogen-bond acceptors (Lipinski definition) is 6. The van der Waals surface area contributed by atoms with Gasteiger partial charge in [-0.15, -0.1) is 0 Å². The van der Waals surface area contributed by atoms with E-state index in [0.29, 0.717) is 11.5 Å². The second kappa shape index (κ2) is 9.78. The molecule has 0 fully saturated rings. The highest BCUT2D eigenvalue weighted by Gasteiger charge is 2.16. The first-order chi connectivity index (χ1) is 11.5. The van der Waals surface area contributed by atoms with Gasteiger partial charge in [-0.25, -0.2) is 4.79 Å². The number of para-hydroxylation sites is 1. The lowest BCUT2D eigenvalue weighted by Crippen LogP contribution is -2.12. The van der Waals surface area contributed by atoms with Crippen molar-refractivity contribution in [3.05, 3.63) is 54.1 Å². The smallest absolute Gasteiger partial charge is 0.347 e. The molecule has 0 aliphatic rings. The fourth-order valence-electron chi connectivity index (χ4n) is 1.71. The Kier molecular flexibility index (Phi) is 7.70. The lowest BCUT2D eigenvalue weighted by atomic mass is 10.2. The molecule has 6 nitrogen and oxygen atoms in total. The zero-order chi connectivity index (χ0) is 17.9. The summed E-state index contributed by atoms with van der Waals surface area (Å²) in [4.78, 5) is 32.0. The molecule has 0 unspecified atom stereocenters. The molecule has 0 saturated carbocycles.